The van der Waals surface area contributed by atoms with Crippen molar-refractivity contribution in [1.29, 1.82) is 0 Å². The second kappa shape index (κ2) is 5.82. The van der Waals surface area contributed by atoms with Gasteiger partial charge in [-0.05, 0) is 18.4 Å². The van der Waals surface area contributed by atoms with Crippen molar-refractivity contribution in [3.63, 3.8) is 0 Å². The van der Waals surface area contributed by atoms with Gasteiger partial charge in [0.25, 0.3) is 0 Å². The van der Waals surface area contributed by atoms with Gasteiger partial charge in [-0.1, -0.05) is 6.92 Å². The number of aromatic nitrogens is 3. The van der Waals surface area contributed by atoms with Crippen LogP contribution in [0.15, 0.2) is 23.4 Å². The van der Waals surface area contributed by atoms with E-state index in [1.165, 1.54) is 23.7 Å². The summed E-state index contributed by atoms with van der Waals surface area (Å²) in [5.41, 5.74) is 1.96. The quantitative estimate of drug-likeness (QED) is 0.809. The standard InChI is InChI=1S/C14H18N4O4S/c1-9-3-12-10(5-16-17-12)8-18(7-9)23(20,21)11-4-13(15-6-11)14(19)22-2/h4-6,9,15H,3,7-8H2,1-2H3,(H,16,17). The Kier molecular flexibility index (Phi) is 3.99. The molecule has 1 unspecified atom stereocenters. The summed E-state index contributed by atoms with van der Waals surface area (Å²) in [5.74, 6) is -0.446. The van der Waals surface area contributed by atoms with Crippen LogP contribution in [0.4, 0.5) is 0 Å². The van der Waals surface area contributed by atoms with Gasteiger partial charge >= 0.3 is 5.97 Å². The molecule has 1 aliphatic heterocycles. The number of aromatic amines is 2. The first-order valence-corrected chi connectivity index (χ1v) is 8.64. The van der Waals surface area contributed by atoms with Gasteiger partial charge in [0.1, 0.15) is 10.6 Å². The third-order valence-electron chi connectivity index (χ3n) is 3.92. The molecule has 1 aliphatic rings. The van der Waals surface area contributed by atoms with Crippen molar-refractivity contribution in [2.75, 3.05) is 13.7 Å². The third kappa shape index (κ3) is 2.89. The molecule has 2 N–H and O–H groups in total. The van der Waals surface area contributed by atoms with Gasteiger partial charge in [-0.15, -0.1) is 0 Å². The Morgan fingerprint density at radius 1 is 1.48 bits per heavy atom. The van der Waals surface area contributed by atoms with Crippen molar-refractivity contribution < 1.29 is 17.9 Å². The summed E-state index contributed by atoms with van der Waals surface area (Å²) in [7, 11) is -2.46. The van der Waals surface area contributed by atoms with E-state index in [0.29, 0.717) is 6.54 Å². The molecule has 23 heavy (non-hydrogen) atoms. The first-order valence-electron chi connectivity index (χ1n) is 7.20. The Morgan fingerprint density at radius 3 is 3.00 bits per heavy atom. The highest BCUT2D eigenvalue weighted by Crippen LogP contribution is 2.26. The fourth-order valence-corrected chi connectivity index (χ4v) is 4.28. The molecule has 124 valence electrons. The number of nitrogens with one attached hydrogen (secondary N) is 2. The molecule has 0 radical (unpaired) electrons. The first-order chi connectivity index (χ1) is 10.9. The molecular formula is C14H18N4O4S. The van der Waals surface area contributed by atoms with Gasteiger partial charge in [0.05, 0.1) is 13.3 Å². The van der Waals surface area contributed by atoms with Crippen LogP contribution in [0.2, 0.25) is 0 Å². The lowest BCUT2D eigenvalue weighted by Crippen LogP contribution is -2.33. The largest absolute Gasteiger partial charge is 0.464 e. The van der Waals surface area contributed by atoms with Crippen LogP contribution < -0.4 is 0 Å². The number of hydrogen-bond donors (Lipinski definition) is 2. The van der Waals surface area contributed by atoms with E-state index in [9.17, 15) is 13.2 Å². The Bertz CT molecular complexity index is 823. The van der Waals surface area contributed by atoms with E-state index in [-0.39, 0.29) is 23.1 Å². The highest BCUT2D eigenvalue weighted by Gasteiger charge is 2.31. The van der Waals surface area contributed by atoms with Crippen LogP contribution in [-0.2, 0) is 27.7 Å². The van der Waals surface area contributed by atoms with Gasteiger partial charge < -0.3 is 9.72 Å². The van der Waals surface area contributed by atoms with Crippen molar-refractivity contribution in [2.45, 2.75) is 24.8 Å². The molecule has 3 heterocycles. The number of hydrogen-bond acceptors (Lipinski definition) is 5. The second-order valence-electron chi connectivity index (χ2n) is 5.72. The molecule has 1 atom stereocenters. The van der Waals surface area contributed by atoms with E-state index in [2.05, 4.69) is 19.9 Å². The molecule has 9 heteroatoms. The fourth-order valence-electron chi connectivity index (χ4n) is 2.75. The lowest BCUT2D eigenvalue weighted by Gasteiger charge is -2.21. The Hall–Kier alpha value is -2.13. The molecule has 0 amide bonds. The fraction of sp³-hybridized carbons (Fsp3) is 0.429. The zero-order chi connectivity index (χ0) is 16.6. The molecule has 0 fully saturated rings. The van der Waals surface area contributed by atoms with Gasteiger partial charge in [-0.2, -0.15) is 9.40 Å². The van der Waals surface area contributed by atoms with Crippen LogP contribution in [0.25, 0.3) is 0 Å². The Morgan fingerprint density at radius 2 is 2.26 bits per heavy atom. The van der Waals surface area contributed by atoms with Crippen LogP contribution in [0, 0.1) is 5.92 Å². The summed E-state index contributed by atoms with van der Waals surface area (Å²) in [6.07, 6.45) is 3.72. The number of methoxy groups -OCH3 is 1. The molecule has 8 nitrogen and oxygen atoms in total. The number of fused-ring (bicyclic) bond motifs is 1. The van der Waals surface area contributed by atoms with Crippen molar-refractivity contribution in [2.24, 2.45) is 5.92 Å². The van der Waals surface area contributed by atoms with Crippen molar-refractivity contribution in [3.05, 3.63) is 35.4 Å². The van der Waals surface area contributed by atoms with Crippen LogP contribution in [0.1, 0.15) is 28.7 Å². The molecule has 0 saturated heterocycles. The van der Waals surface area contributed by atoms with Crippen molar-refractivity contribution in [3.8, 4) is 0 Å². The average molecular weight is 338 g/mol. The van der Waals surface area contributed by atoms with Gasteiger partial charge in [0.15, 0.2) is 0 Å². The molecule has 0 aliphatic carbocycles. The summed E-state index contributed by atoms with van der Waals surface area (Å²) in [6, 6.07) is 1.30. The molecule has 0 aromatic carbocycles. The van der Waals surface area contributed by atoms with E-state index in [0.717, 1.165) is 17.7 Å². The molecule has 0 bridgehead atoms. The molecule has 0 spiro atoms. The zero-order valence-electron chi connectivity index (χ0n) is 12.9. The van der Waals surface area contributed by atoms with Gasteiger partial charge in [-0.25, -0.2) is 13.2 Å². The molecule has 2 aromatic rings. The number of esters is 1. The second-order valence-corrected chi connectivity index (χ2v) is 7.66. The van der Waals surface area contributed by atoms with Gasteiger partial charge in [0.2, 0.25) is 10.0 Å². The average Bonchev–Trinajstić information content (AvgIpc) is 3.13. The van der Waals surface area contributed by atoms with Crippen LogP contribution in [0.3, 0.4) is 0 Å². The number of rotatable bonds is 3. The topological polar surface area (TPSA) is 108 Å². The maximum atomic E-state index is 12.9. The number of sulfonamides is 1. The van der Waals surface area contributed by atoms with E-state index in [1.807, 2.05) is 6.92 Å². The van der Waals surface area contributed by atoms with Crippen LogP contribution in [0.5, 0.6) is 0 Å². The number of nitrogens with zero attached hydrogens (tertiary/aromatic N) is 2. The summed E-state index contributed by atoms with van der Waals surface area (Å²) in [6.45, 7) is 2.66. The maximum Gasteiger partial charge on any atom is 0.354 e. The summed E-state index contributed by atoms with van der Waals surface area (Å²) < 4.78 is 31.7. The minimum Gasteiger partial charge on any atom is -0.464 e. The molecule has 0 saturated carbocycles. The van der Waals surface area contributed by atoms with Crippen LogP contribution in [-0.4, -0.2) is 47.5 Å². The van der Waals surface area contributed by atoms with E-state index in [1.54, 1.807) is 6.20 Å². The number of carbonyl (C=O) groups is 1. The normalized spacial score (nSPS) is 19.1. The summed E-state index contributed by atoms with van der Waals surface area (Å²) >= 11 is 0. The Balaban J connectivity index is 1.93. The zero-order valence-corrected chi connectivity index (χ0v) is 13.7. The van der Waals surface area contributed by atoms with Crippen LogP contribution >= 0.6 is 0 Å². The molecule has 3 rings (SSSR count). The first kappa shape index (κ1) is 15.8. The minimum absolute atomic E-state index is 0.0528. The maximum absolute atomic E-state index is 12.9. The predicted molar refractivity (Wildman–Crippen MR) is 81.2 cm³/mol. The lowest BCUT2D eigenvalue weighted by atomic mass is 10.1. The van der Waals surface area contributed by atoms with Gasteiger partial charge in [0, 0.05) is 30.5 Å². The Labute approximate surface area is 133 Å². The predicted octanol–water partition coefficient (Wildman–Crippen LogP) is 0.907. The SMILES string of the molecule is COC(=O)c1cc(S(=O)(=O)N2Cc3cn[nH]c3CC(C)C2)c[nH]1. The number of H-pyrrole nitrogens is 2. The minimum atomic E-state index is -3.71. The monoisotopic (exact) mass is 338 g/mol. The van der Waals surface area contributed by atoms with E-state index < -0.39 is 16.0 Å². The number of carbonyl (C=O) groups excluding carboxylic acids is 1. The lowest BCUT2D eigenvalue weighted by molar-refractivity contribution is 0.0594. The van der Waals surface area contributed by atoms with Crippen molar-refractivity contribution >= 4 is 16.0 Å². The number of ether oxygens (including phenoxy) is 1. The van der Waals surface area contributed by atoms with Gasteiger partial charge in [-0.3, -0.25) is 5.10 Å². The summed E-state index contributed by atoms with van der Waals surface area (Å²) in [5, 5.41) is 6.92. The highest BCUT2D eigenvalue weighted by molar-refractivity contribution is 7.89. The van der Waals surface area contributed by atoms with E-state index >= 15 is 0 Å². The molecule has 2 aromatic heterocycles. The molecular weight excluding hydrogens is 320 g/mol. The van der Waals surface area contributed by atoms with E-state index in [4.69, 9.17) is 0 Å². The van der Waals surface area contributed by atoms with Crippen molar-refractivity contribution in [1.82, 2.24) is 19.5 Å². The smallest absolute Gasteiger partial charge is 0.354 e. The highest BCUT2D eigenvalue weighted by atomic mass is 32.2. The third-order valence-corrected chi connectivity index (χ3v) is 5.71. The summed E-state index contributed by atoms with van der Waals surface area (Å²) in [4.78, 5) is 14.2.